The molecule has 6 heteroatoms. The largest absolute Gasteiger partial charge is 0.368 e. The molecule has 1 fully saturated rings. The zero-order valence-electron chi connectivity index (χ0n) is 14.2. The number of thiocarbonyl (C=S) groups is 1. The Labute approximate surface area is 148 Å². The van der Waals surface area contributed by atoms with E-state index in [9.17, 15) is 9.90 Å². The van der Waals surface area contributed by atoms with Gasteiger partial charge in [0.05, 0.1) is 17.6 Å². The smallest absolute Gasteiger partial charge is 0.242 e. The second-order valence-corrected chi connectivity index (χ2v) is 7.07. The van der Waals surface area contributed by atoms with E-state index in [0.29, 0.717) is 36.8 Å². The quantitative estimate of drug-likeness (QED) is 0.654. The van der Waals surface area contributed by atoms with Crippen molar-refractivity contribution in [2.75, 3.05) is 6.61 Å². The maximum Gasteiger partial charge on any atom is 0.242 e. The molecule has 3 atom stereocenters. The zero-order chi connectivity index (χ0) is 17.5. The minimum absolute atomic E-state index is 0.145. The molecule has 2 rings (SSSR count). The van der Waals surface area contributed by atoms with Crippen molar-refractivity contribution in [1.29, 1.82) is 0 Å². The third-order valence-corrected chi connectivity index (χ3v) is 4.22. The van der Waals surface area contributed by atoms with Gasteiger partial charge in [-0.1, -0.05) is 56.4 Å². The highest BCUT2D eigenvalue weighted by Crippen LogP contribution is 2.12. The molecule has 0 aromatic heterocycles. The molecule has 1 aliphatic heterocycles. The number of rotatable bonds is 7. The fraction of sp³-hybridized carbons (Fsp3) is 0.556. The molecule has 0 saturated carbocycles. The number of hydrogen-bond donors (Lipinski definition) is 3. The van der Waals surface area contributed by atoms with Gasteiger partial charge in [-0.25, -0.2) is 0 Å². The predicted molar refractivity (Wildman–Crippen MR) is 97.6 cm³/mol. The second-order valence-electron chi connectivity index (χ2n) is 6.58. The fourth-order valence-corrected chi connectivity index (χ4v) is 3.04. The first-order valence-corrected chi connectivity index (χ1v) is 8.80. The van der Waals surface area contributed by atoms with Gasteiger partial charge in [0.2, 0.25) is 5.91 Å². The number of ether oxygens (including phenoxy) is 1. The Morgan fingerprint density at radius 2 is 2.08 bits per heavy atom. The van der Waals surface area contributed by atoms with Crippen LogP contribution >= 0.6 is 12.2 Å². The summed E-state index contributed by atoms with van der Waals surface area (Å²) < 4.78 is 5.08. The lowest BCUT2D eigenvalue weighted by molar-refractivity contribution is -0.127. The SMILES string of the molecule is CC(C)CC(NC(=S)Cc1ccccc1)C(=O)N[C@H]1CCOC1O. The van der Waals surface area contributed by atoms with Gasteiger partial charge in [0, 0.05) is 6.42 Å². The van der Waals surface area contributed by atoms with Crippen LogP contribution in [0.25, 0.3) is 0 Å². The van der Waals surface area contributed by atoms with E-state index in [4.69, 9.17) is 17.0 Å². The topological polar surface area (TPSA) is 70.6 Å². The van der Waals surface area contributed by atoms with Crippen molar-refractivity contribution >= 4 is 23.1 Å². The van der Waals surface area contributed by atoms with E-state index in [1.807, 2.05) is 30.3 Å². The Hall–Kier alpha value is -1.50. The molecule has 132 valence electrons. The van der Waals surface area contributed by atoms with E-state index in [2.05, 4.69) is 24.5 Å². The fourth-order valence-electron chi connectivity index (χ4n) is 2.73. The Morgan fingerprint density at radius 3 is 2.67 bits per heavy atom. The van der Waals surface area contributed by atoms with Crippen LogP contribution in [0.1, 0.15) is 32.3 Å². The summed E-state index contributed by atoms with van der Waals surface area (Å²) in [5.74, 6) is 0.200. The van der Waals surface area contributed by atoms with E-state index in [1.165, 1.54) is 0 Å². The van der Waals surface area contributed by atoms with Crippen molar-refractivity contribution in [2.24, 2.45) is 5.92 Å². The molecule has 1 aliphatic rings. The Kier molecular flexibility index (Phi) is 7.15. The van der Waals surface area contributed by atoms with Gasteiger partial charge in [0.25, 0.3) is 0 Å². The molecule has 0 spiro atoms. The van der Waals surface area contributed by atoms with Crippen molar-refractivity contribution in [3.05, 3.63) is 35.9 Å². The number of nitrogens with one attached hydrogen (secondary N) is 2. The summed E-state index contributed by atoms with van der Waals surface area (Å²) in [6.07, 6.45) is 0.970. The van der Waals surface area contributed by atoms with E-state index in [-0.39, 0.29) is 11.9 Å². The van der Waals surface area contributed by atoms with Crippen LogP contribution in [0.4, 0.5) is 0 Å². The summed E-state index contributed by atoms with van der Waals surface area (Å²) in [5, 5.41) is 15.7. The molecule has 3 N–H and O–H groups in total. The maximum absolute atomic E-state index is 12.6. The molecule has 1 aromatic carbocycles. The number of aliphatic hydroxyl groups excluding tert-OH is 1. The van der Waals surface area contributed by atoms with E-state index < -0.39 is 12.3 Å². The van der Waals surface area contributed by atoms with Gasteiger partial charge >= 0.3 is 0 Å². The summed E-state index contributed by atoms with van der Waals surface area (Å²) in [4.78, 5) is 13.2. The number of hydrogen-bond acceptors (Lipinski definition) is 4. The number of carbonyl (C=O) groups excluding carboxylic acids is 1. The minimum atomic E-state index is -0.926. The van der Waals surface area contributed by atoms with Crippen molar-refractivity contribution in [1.82, 2.24) is 10.6 Å². The second kappa shape index (κ2) is 9.11. The number of carbonyl (C=O) groups is 1. The van der Waals surface area contributed by atoms with Crippen molar-refractivity contribution in [2.45, 2.75) is 51.5 Å². The van der Waals surface area contributed by atoms with Gasteiger partial charge < -0.3 is 20.5 Å². The molecule has 0 radical (unpaired) electrons. The molecule has 1 amide bonds. The van der Waals surface area contributed by atoms with Crippen LogP contribution in [0.5, 0.6) is 0 Å². The normalized spacial score (nSPS) is 21.5. The number of amides is 1. The molecule has 1 saturated heterocycles. The van der Waals surface area contributed by atoms with Gasteiger partial charge in [0.1, 0.15) is 6.04 Å². The van der Waals surface area contributed by atoms with Gasteiger partial charge in [-0.3, -0.25) is 4.79 Å². The summed E-state index contributed by atoms with van der Waals surface area (Å²) in [5.41, 5.74) is 1.11. The summed E-state index contributed by atoms with van der Waals surface area (Å²) in [6.45, 7) is 4.59. The monoisotopic (exact) mass is 350 g/mol. The van der Waals surface area contributed by atoms with Crippen LogP contribution in [0.3, 0.4) is 0 Å². The lowest BCUT2D eigenvalue weighted by Crippen LogP contribution is -2.51. The Balaban J connectivity index is 1.93. The molecular weight excluding hydrogens is 324 g/mol. The maximum atomic E-state index is 12.6. The van der Waals surface area contributed by atoms with Crippen molar-refractivity contribution in [3.8, 4) is 0 Å². The van der Waals surface area contributed by atoms with Crippen LogP contribution in [0.2, 0.25) is 0 Å². The molecule has 0 aliphatic carbocycles. The van der Waals surface area contributed by atoms with E-state index >= 15 is 0 Å². The average Bonchev–Trinajstić information content (AvgIpc) is 2.92. The van der Waals surface area contributed by atoms with E-state index in [1.54, 1.807) is 0 Å². The van der Waals surface area contributed by atoms with Crippen LogP contribution in [-0.2, 0) is 16.0 Å². The number of aliphatic hydroxyl groups is 1. The molecule has 1 aromatic rings. The van der Waals surface area contributed by atoms with E-state index in [0.717, 1.165) is 5.56 Å². The van der Waals surface area contributed by atoms with Gasteiger partial charge in [-0.05, 0) is 24.3 Å². The minimum Gasteiger partial charge on any atom is -0.368 e. The molecule has 1 heterocycles. The van der Waals surface area contributed by atoms with Crippen molar-refractivity contribution in [3.63, 3.8) is 0 Å². The molecule has 2 unspecified atom stereocenters. The summed E-state index contributed by atoms with van der Waals surface area (Å²) in [7, 11) is 0. The standard InChI is InChI=1S/C18H26N2O3S/c1-12(2)10-15(17(21)20-14-8-9-23-18(14)22)19-16(24)11-13-6-4-3-5-7-13/h3-7,12,14-15,18,22H,8-11H2,1-2H3,(H,19,24)(H,20,21)/t14-,15?,18?/m0/s1. The summed E-state index contributed by atoms with van der Waals surface area (Å²) in [6, 6.07) is 9.17. The first-order chi connectivity index (χ1) is 11.5. The van der Waals surface area contributed by atoms with Gasteiger partial charge in [-0.15, -0.1) is 0 Å². The first-order valence-electron chi connectivity index (χ1n) is 8.39. The highest BCUT2D eigenvalue weighted by molar-refractivity contribution is 7.80. The number of benzene rings is 1. The third-order valence-electron chi connectivity index (χ3n) is 3.96. The van der Waals surface area contributed by atoms with Crippen LogP contribution in [0.15, 0.2) is 30.3 Å². The highest BCUT2D eigenvalue weighted by Gasteiger charge is 2.30. The lowest BCUT2D eigenvalue weighted by atomic mass is 10.0. The zero-order valence-corrected chi connectivity index (χ0v) is 15.0. The molecule has 0 bridgehead atoms. The van der Waals surface area contributed by atoms with Gasteiger partial charge in [0.15, 0.2) is 6.29 Å². The highest BCUT2D eigenvalue weighted by atomic mass is 32.1. The van der Waals surface area contributed by atoms with Crippen LogP contribution in [0, 0.1) is 5.92 Å². The first kappa shape index (κ1) is 18.8. The molecular formula is C18H26N2O3S. The Bertz CT molecular complexity index is 550. The van der Waals surface area contributed by atoms with Crippen molar-refractivity contribution < 1.29 is 14.6 Å². The third kappa shape index (κ3) is 5.85. The Morgan fingerprint density at radius 1 is 1.38 bits per heavy atom. The van der Waals surface area contributed by atoms with Crippen LogP contribution in [-0.4, -0.2) is 41.0 Å². The average molecular weight is 350 g/mol. The predicted octanol–water partition coefficient (Wildman–Crippen LogP) is 1.78. The molecule has 5 nitrogen and oxygen atoms in total. The van der Waals surface area contributed by atoms with Crippen LogP contribution < -0.4 is 10.6 Å². The van der Waals surface area contributed by atoms with Gasteiger partial charge in [-0.2, -0.15) is 0 Å². The molecule has 24 heavy (non-hydrogen) atoms. The summed E-state index contributed by atoms with van der Waals surface area (Å²) >= 11 is 5.43. The lowest BCUT2D eigenvalue weighted by Gasteiger charge is -2.24.